The predicted molar refractivity (Wildman–Crippen MR) is 172 cm³/mol. The molecule has 1 aliphatic carbocycles. The normalized spacial score (nSPS) is 17.1. The lowest BCUT2D eigenvalue weighted by atomic mass is 9.71. The zero-order valence-corrected chi connectivity index (χ0v) is 26.5. The van der Waals surface area contributed by atoms with Gasteiger partial charge in [-0.3, -0.25) is 10.1 Å². The highest BCUT2D eigenvalue weighted by Gasteiger charge is 2.34. The van der Waals surface area contributed by atoms with E-state index in [-0.39, 0.29) is 29.1 Å². The number of ether oxygens (including phenoxy) is 1. The summed E-state index contributed by atoms with van der Waals surface area (Å²) in [7, 11) is 0. The van der Waals surface area contributed by atoms with Gasteiger partial charge in [-0.1, -0.05) is 62.3 Å². The van der Waals surface area contributed by atoms with Crippen LogP contribution in [-0.2, 0) is 13.1 Å². The van der Waals surface area contributed by atoms with Gasteiger partial charge in [-0.15, -0.1) is 18.3 Å². The summed E-state index contributed by atoms with van der Waals surface area (Å²) in [5, 5.41) is 15.9. The highest BCUT2D eigenvalue weighted by Crippen LogP contribution is 2.41. The third kappa shape index (κ3) is 7.72. The van der Waals surface area contributed by atoms with E-state index in [1.54, 1.807) is 24.3 Å². The Kier molecular flexibility index (Phi) is 8.89. The molecule has 246 valence electrons. The van der Waals surface area contributed by atoms with E-state index in [4.69, 9.17) is 4.98 Å². The number of fused-ring (bicyclic) bond motifs is 1. The fraction of sp³-hybridized carbons (Fsp3) is 0.382. The van der Waals surface area contributed by atoms with Crippen LogP contribution in [0.1, 0.15) is 67.9 Å². The molecule has 3 aromatic carbocycles. The van der Waals surface area contributed by atoms with Gasteiger partial charge in [0.2, 0.25) is 5.95 Å². The highest BCUT2D eigenvalue weighted by molar-refractivity contribution is 6.03. The number of H-pyrrole nitrogens is 1. The molecule has 13 heteroatoms. The van der Waals surface area contributed by atoms with Crippen molar-refractivity contribution in [1.82, 2.24) is 30.2 Å². The van der Waals surface area contributed by atoms with Gasteiger partial charge in [0.25, 0.3) is 11.9 Å². The number of aromatic nitrogens is 6. The fourth-order valence-electron chi connectivity index (χ4n) is 6.38. The molecule has 0 atom stereocenters. The van der Waals surface area contributed by atoms with E-state index < -0.39 is 6.36 Å². The first-order valence-corrected chi connectivity index (χ1v) is 15.6. The van der Waals surface area contributed by atoms with Crippen LogP contribution in [0.5, 0.6) is 5.75 Å². The first-order chi connectivity index (χ1) is 22.4. The molecule has 0 bridgehead atoms. The van der Waals surface area contributed by atoms with Gasteiger partial charge in [0.15, 0.2) is 0 Å². The third-order valence-electron chi connectivity index (χ3n) is 8.89. The molecule has 0 radical (unpaired) electrons. The van der Waals surface area contributed by atoms with Gasteiger partial charge < -0.3 is 14.2 Å². The molecule has 0 unspecified atom stereocenters. The van der Waals surface area contributed by atoms with Crippen LogP contribution in [0.4, 0.5) is 25.1 Å². The summed E-state index contributed by atoms with van der Waals surface area (Å²) in [6, 6.07) is 21.5. The van der Waals surface area contributed by atoms with Gasteiger partial charge >= 0.3 is 6.36 Å². The number of para-hydroxylation sites is 2. The summed E-state index contributed by atoms with van der Waals surface area (Å²) < 4.78 is 44.6. The highest BCUT2D eigenvalue weighted by atomic mass is 19.4. The molecule has 0 spiro atoms. The summed E-state index contributed by atoms with van der Waals surface area (Å²) in [6.07, 6.45) is -0.556. The van der Waals surface area contributed by atoms with Crippen LogP contribution in [-0.4, -0.2) is 48.5 Å². The number of amides is 1. The van der Waals surface area contributed by atoms with E-state index in [0.29, 0.717) is 24.6 Å². The monoisotopic (exact) mass is 646 g/mol. The number of nitrogens with zero attached hydrogens (tertiary/aromatic N) is 6. The molecule has 2 N–H and O–H groups in total. The lowest BCUT2D eigenvalue weighted by molar-refractivity contribution is -0.274. The Bertz CT molecular complexity index is 1790. The Hall–Kier alpha value is -4.94. The van der Waals surface area contributed by atoms with Gasteiger partial charge in [-0.2, -0.15) is 5.21 Å². The second-order valence-electron chi connectivity index (χ2n) is 13.1. The molecule has 1 amide bonds. The molecule has 2 aromatic heterocycles. The second-order valence-corrected chi connectivity index (χ2v) is 13.1. The van der Waals surface area contributed by atoms with Crippen LogP contribution >= 0.6 is 0 Å². The molecule has 5 aromatic rings. The van der Waals surface area contributed by atoms with Crippen molar-refractivity contribution in [3.8, 4) is 5.75 Å². The molecular weight excluding hydrogens is 609 g/mol. The summed E-state index contributed by atoms with van der Waals surface area (Å²) in [4.78, 5) is 20.2. The van der Waals surface area contributed by atoms with Crippen molar-refractivity contribution in [2.24, 2.45) is 11.3 Å². The van der Waals surface area contributed by atoms with Gasteiger partial charge in [0.05, 0.1) is 17.6 Å². The number of benzene rings is 3. The number of carbonyl (C=O) groups is 1. The Morgan fingerprint density at radius 3 is 2.28 bits per heavy atom. The summed E-state index contributed by atoms with van der Waals surface area (Å²) in [5.41, 5.74) is 4.27. The van der Waals surface area contributed by atoms with Crippen molar-refractivity contribution in [1.29, 1.82) is 0 Å². The van der Waals surface area contributed by atoms with Crippen molar-refractivity contribution < 1.29 is 22.7 Å². The molecule has 10 nitrogen and oxygen atoms in total. The maximum absolute atomic E-state index is 12.8. The third-order valence-corrected chi connectivity index (χ3v) is 8.89. The molecule has 1 aliphatic rings. The van der Waals surface area contributed by atoms with Crippen molar-refractivity contribution in [2.45, 2.75) is 71.9 Å². The number of hydrogen-bond acceptors (Lipinski definition) is 7. The van der Waals surface area contributed by atoms with E-state index in [9.17, 15) is 18.0 Å². The number of hydrogen-bond donors (Lipinski definition) is 2. The number of carbonyl (C=O) groups excluding carboxylic acids is 1. The lowest BCUT2D eigenvalue weighted by Crippen LogP contribution is -2.41. The number of rotatable bonds is 9. The first-order valence-electron chi connectivity index (χ1n) is 15.6. The average Bonchev–Trinajstić information content (AvgIpc) is 3.68. The molecule has 0 aliphatic heterocycles. The molecular formula is C34H37F3N8O2. The van der Waals surface area contributed by atoms with E-state index in [1.807, 2.05) is 36.4 Å². The number of tetrazole rings is 1. The van der Waals surface area contributed by atoms with Crippen LogP contribution in [0.25, 0.3) is 11.0 Å². The quantitative estimate of drug-likeness (QED) is 0.172. The van der Waals surface area contributed by atoms with Gasteiger partial charge in [0.1, 0.15) is 5.75 Å². The standard InChI is InChI=1S/C34H37F3N8O2/c1-33(2,3)25-14-16-26(17-15-25)44(20-22-8-12-24(13-9-22)30(46)39-31-40-42-43-41-31)32-38-28-6-4-5-7-29(28)45(32)21-23-10-18-27(19-11-23)47-34(35,36)37/h4-13,18-19,25-26H,14-17,20-21H2,1-3H3,(H2,39,40,41,42,43,46). The number of imidazole rings is 1. The Labute approximate surface area is 270 Å². The molecule has 1 saturated carbocycles. The number of halogens is 3. The molecule has 0 saturated heterocycles. The van der Waals surface area contributed by atoms with Crippen LogP contribution in [0.2, 0.25) is 0 Å². The van der Waals surface area contributed by atoms with Crippen LogP contribution < -0.4 is 15.0 Å². The molecule has 6 rings (SSSR count). The van der Waals surface area contributed by atoms with Crippen molar-refractivity contribution in [3.05, 3.63) is 89.5 Å². The fourth-order valence-corrected chi connectivity index (χ4v) is 6.38. The van der Waals surface area contributed by atoms with Crippen molar-refractivity contribution in [2.75, 3.05) is 10.2 Å². The smallest absolute Gasteiger partial charge is 0.406 e. The van der Waals surface area contributed by atoms with Crippen LogP contribution in [0.15, 0.2) is 72.8 Å². The topological polar surface area (TPSA) is 114 Å². The predicted octanol–water partition coefficient (Wildman–Crippen LogP) is 7.36. The zero-order valence-electron chi connectivity index (χ0n) is 26.5. The van der Waals surface area contributed by atoms with Crippen molar-refractivity contribution in [3.63, 3.8) is 0 Å². The minimum atomic E-state index is -4.75. The van der Waals surface area contributed by atoms with Gasteiger partial charge in [-0.05, 0) is 89.8 Å². The lowest BCUT2D eigenvalue weighted by Gasteiger charge is -2.41. The number of aromatic amines is 1. The largest absolute Gasteiger partial charge is 0.573 e. The zero-order chi connectivity index (χ0) is 33.2. The second kappa shape index (κ2) is 13.0. The average molecular weight is 647 g/mol. The van der Waals surface area contributed by atoms with E-state index in [2.05, 4.69) is 60.9 Å². The maximum atomic E-state index is 12.8. The van der Waals surface area contributed by atoms with E-state index in [0.717, 1.165) is 53.8 Å². The maximum Gasteiger partial charge on any atom is 0.573 e. The van der Waals surface area contributed by atoms with E-state index >= 15 is 0 Å². The van der Waals surface area contributed by atoms with Crippen LogP contribution in [0, 0.1) is 11.3 Å². The Balaban J connectivity index is 1.32. The van der Waals surface area contributed by atoms with Crippen molar-refractivity contribution >= 4 is 28.8 Å². The minimum absolute atomic E-state index is 0.0949. The number of nitrogens with one attached hydrogen (secondary N) is 2. The summed E-state index contributed by atoms with van der Waals surface area (Å²) >= 11 is 0. The summed E-state index contributed by atoms with van der Waals surface area (Å²) in [5.74, 6) is 0.902. The molecule has 2 heterocycles. The Morgan fingerprint density at radius 2 is 1.64 bits per heavy atom. The molecule has 47 heavy (non-hydrogen) atoms. The Morgan fingerprint density at radius 1 is 0.957 bits per heavy atom. The summed E-state index contributed by atoms with van der Waals surface area (Å²) in [6.45, 7) is 7.87. The van der Waals surface area contributed by atoms with Crippen LogP contribution in [0.3, 0.4) is 0 Å². The van der Waals surface area contributed by atoms with Gasteiger partial charge in [0, 0.05) is 18.2 Å². The van der Waals surface area contributed by atoms with E-state index in [1.165, 1.54) is 12.1 Å². The number of alkyl halides is 3. The van der Waals surface area contributed by atoms with Gasteiger partial charge in [-0.25, -0.2) is 4.98 Å². The number of anilines is 2. The first kappa shape index (κ1) is 32.0. The molecule has 1 fully saturated rings. The minimum Gasteiger partial charge on any atom is -0.406 e. The SMILES string of the molecule is CC(C)(C)C1CCC(N(Cc2ccc(C(=O)Nc3nn[nH]n3)cc2)c2nc3ccccc3n2Cc2ccc(OC(F)(F)F)cc2)CC1.